The molecule has 0 aliphatic heterocycles. The van der Waals surface area contributed by atoms with Crippen LogP contribution in [0.25, 0.3) is 0 Å². The van der Waals surface area contributed by atoms with Crippen LogP contribution in [0.15, 0.2) is 18.2 Å². The lowest BCUT2D eigenvalue weighted by Gasteiger charge is -2.18. The number of rotatable bonds is 6. The van der Waals surface area contributed by atoms with Crippen molar-refractivity contribution < 1.29 is 23.5 Å². The van der Waals surface area contributed by atoms with Crippen LogP contribution in [0, 0.1) is 23.0 Å². The largest absolute Gasteiger partial charge is 0.481 e. The molecule has 0 heterocycles. The summed E-state index contributed by atoms with van der Waals surface area (Å²) in [6.45, 7) is 3.42. The number of halogens is 2. The summed E-state index contributed by atoms with van der Waals surface area (Å²) in [4.78, 5) is 22.9. The van der Waals surface area contributed by atoms with E-state index in [0.717, 1.165) is 6.07 Å². The van der Waals surface area contributed by atoms with Crippen LogP contribution in [0.5, 0.6) is 0 Å². The first kappa shape index (κ1) is 16.4. The van der Waals surface area contributed by atoms with Crippen molar-refractivity contribution in [1.82, 2.24) is 5.32 Å². The molecule has 1 fully saturated rings. The van der Waals surface area contributed by atoms with Crippen molar-refractivity contribution in [2.45, 2.75) is 32.6 Å². The maximum Gasteiger partial charge on any atom is 0.309 e. The Hall–Kier alpha value is -1.98. The fraction of sp³-hybridized carbons (Fsp3) is 0.500. The summed E-state index contributed by atoms with van der Waals surface area (Å²) in [5, 5.41) is 11.7. The first-order valence-electron chi connectivity index (χ1n) is 7.19. The number of carbonyl (C=O) groups excluding carboxylic acids is 1. The van der Waals surface area contributed by atoms with Gasteiger partial charge in [-0.3, -0.25) is 9.59 Å². The minimum Gasteiger partial charge on any atom is -0.481 e. The second-order valence-corrected chi connectivity index (χ2v) is 6.32. The monoisotopic (exact) mass is 311 g/mol. The fourth-order valence-electron chi connectivity index (χ4n) is 2.37. The Morgan fingerprint density at radius 1 is 1.36 bits per heavy atom. The maximum absolute atomic E-state index is 13.7. The maximum atomic E-state index is 13.7. The highest BCUT2D eigenvalue weighted by Crippen LogP contribution is 2.48. The molecule has 0 radical (unpaired) electrons. The highest BCUT2D eigenvalue weighted by molar-refractivity contribution is 5.83. The van der Waals surface area contributed by atoms with Gasteiger partial charge in [-0.25, -0.2) is 8.78 Å². The van der Waals surface area contributed by atoms with Crippen molar-refractivity contribution in [3.05, 3.63) is 35.4 Å². The van der Waals surface area contributed by atoms with E-state index in [4.69, 9.17) is 5.11 Å². The SMILES string of the molecule is CC(C)(CCNC(=O)C1CC1c1cccc(F)c1F)C(=O)O. The molecule has 1 aromatic rings. The number of hydrogen-bond acceptors (Lipinski definition) is 2. The van der Waals surface area contributed by atoms with Crippen LogP contribution in [0.3, 0.4) is 0 Å². The Morgan fingerprint density at radius 3 is 2.68 bits per heavy atom. The molecule has 2 atom stereocenters. The molecule has 0 bridgehead atoms. The summed E-state index contributed by atoms with van der Waals surface area (Å²) in [5.41, 5.74) is -0.684. The van der Waals surface area contributed by atoms with Crippen molar-refractivity contribution in [2.24, 2.45) is 11.3 Å². The van der Waals surface area contributed by atoms with Gasteiger partial charge in [0.05, 0.1) is 5.41 Å². The molecule has 1 amide bonds. The van der Waals surface area contributed by atoms with Crippen molar-refractivity contribution >= 4 is 11.9 Å². The highest BCUT2D eigenvalue weighted by atomic mass is 19.2. The van der Waals surface area contributed by atoms with Gasteiger partial charge >= 0.3 is 5.97 Å². The van der Waals surface area contributed by atoms with Gasteiger partial charge in [0.1, 0.15) is 0 Å². The normalized spacial score (nSPS) is 20.5. The molecule has 0 spiro atoms. The number of aliphatic carboxylic acids is 1. The predicted octanol–water partition coefficient (Wildman–Crippen LogP) is 2.69. The molecule has 120 valence electrons. The van der Waals surface area contributed by atoms with Gasteiger partial charge in [0, 0.05) is 12.5 Å². The van der Waals surface area contributed by atoms with Crippen LogP contribution >= 0.6 is 0 Å². The van der Waals surface area contributed by atoms with Crippen molar-refractivity contribution in [2.75, 3.05) is 6.54 Å². The first-order valence-corrected chi connectivity index (χ1v) is 7.19. The summed E-state index contributed by atoms with van der Waals surface area (Å²) in [6, 6.07) is 3.96. The lowest BCUT2D eigenvalue weighted by molar-refractivity contribution is -0.147. The topological polar surface area (TPSA) is 66.4 Å². The summed E-state index contributed by atoms with van der Waals surface area (Å²) in [6.07, 6.45) is 0.786. The van der Waals surface area contributed by atoms with E-state index in [1.54, 1.807) is 13.8 Å². The average Bonchev–Trinajstić information content (AvgIpc) is 3.21. The summed E-state index contributed by atoms with van der Waals surface area (Å²) in [7, 11) is 0. The van der Waals surface area contributed by atoms with E-state index in [2.05, 4.69) is 5.32 Å². The number of carboxylic acid groups (broad SMARTS) is 1. The van der Waals surface area contributed by atoms with Gasteiger partial charge < -0.3 is 10.4 Å². The summed E-state index contributed by atoms with van der Waals surface area (Å²) in [5.74, 6) is -3.64. The molecule has 1 aromatic carbocycles. The van der Waals surface area contributed by atoms with Crippen molar-refractivity contribution in [3.63, 3.8) is 0 Å². The van der Waals surface area contributed by atoms with E-state index in [1.807, 2.05) is 0 Å². The van der Waals surface area contributed by atoms with Crippen LogP contribution in [-0.4, -0.2) is 23.5 Å². The zero-order valence-corrected chi connectivity index (χ0v) is 12.5. The zero-order valence-electron chi connectivity index (χ0n) is 12.5. The third kappa shape index (κ3) is 3.43. The molecule has 4 nitrogen and oxygen atoms in total. The van der Waals surface area contributed by atoms with Gasteiger partial charge in [-0.2, -0.15) is 0 Å². The van der Waals surface area contributed by atoms with Crippen molar-refractivity contribution in [3.8, 4) is 0 Å². The molecule has 2 N–H and O–H groups in total. The van der Waals surface area contributed by atoms with Gasteiger partial charge in [0.25, 0.3) is 0 Å². The molecular formula is C16H19F2NO3. The number of nitrogens with one attached hydrogen (secondary N) is 1. The second kappa shape index (κ2) is 6.02. The zero-order chi connectivity index (χ0) is 16.5. The third-order valence-electron chi connectivity index (χ3n) is 4.14. The molecular weight excluding hydrogens is 292 g/mol. The van der Waals surface area contributed by atoms with E-state index in [-0.39, 0.29) is 29.9 Å². The Morgan fingerprint density at radius 2 is 2.05 bits per heavy atom. The molecule has 0 aromatic heterocycles. The standard InChI is InChI=1S/C16H19F2NO3/c1-16(2,15(21)22)6-7-19-14(20)11-8-10(11)9-4-3-5-12(17)13(9)18/h3-5,10-11H,6-8H2,1-2H3,(H,19,20)(H,21,22). The lowest BCUT2D eigenvalue weighted by Crippen LogP contribution is -2.32. The van der Waals surface area contributed by atoms with Crippen LogP contribution in [0.4, 0.5) is 8.78 Å². The molecule has 6 heteroatoms. The molecule has 1 aliphatic carbocycles. The number of carboxylic acids is 1. The minimum absolute atomic E-state index is 0.228. The van der Waals surface area contributed by atoms with E-state index < -0.39 is 23.0 Å². The van der Waals surface area contributed by atoms with E-state index in [0.29, 0.717) is 12.8 Å². The smallest absolute Gasteiger partial charge is 0.309 e. The third-order valence-corrected chi connectivity index (χ3v) is 4.14. The molecule has 0 saturated heterocycles. The summed E-state index contributed by atoms with van der Waals surface area (Å²) >= 11 is 0. The Balaban J connectivity index is 1.86. The number of carbonyl (C=O) groups is 2. The molecule has 1 aliphatic rings. The van der Waals surface area contributed by atoms with Gasteiger partial charge in [-0.05, 0) is 44.2 Å². The Kier molecular flexibility index (Phi) is 4.49. The van der Waals surface area contributed by atoms with Gasteiger partial charge in [0.15, 0.2) is 11.6 Å². The number of benzene rings is 1. The summed E-state index contributed by atoms with van der Waals surface area (Å²) < 4.78 is 26.8. The van der Waals surface area contributed by atoms with Gasteiger partial charge in [-0.1, -0.05) is 12.1 Å². The molecule has 22 heavy (non-hydrogen) atoms. The van der Waals surface area contributed by atoms with E-state index >= 15 is 0 Å². The lowest BCUT2D eigenvalue weighted by atomic mass is 9.90. The van der Waals surface area contributed by atoms with Gasteiger partial charge in [-0.15, -0.1) is 0 Å². The van der Waals surface area contributed by atoms with E-state index in [1.165, 1.54) is 12.1 Å². The Bertz CT molecular complexity index is 601. The Labute approximate surface area is 127 Å². The highest BCUT2D eigenvalue weighted by Gasteiger charge is 2.45. The quantitative estimate of drug-likeness (QED) is 0.849. The van der Waals surface area contributed by atoms with Crippen LogP contribution < -0.4 is 5.32 Å². The minimum atomic E-state index is -0.923. The van der Waals surface area contributed by atoms with Crippen molar-refractivity contribution in [1.29, 1.82) is 0 Å². The predicted molar refractivity (Wildman–Crippen MR) is 76.2 cm³/mol. The van der Waals surface area contributed by atoms with Crippen LogP contribution in [-0.2, 0) is 9.59 Å². The molecule has 2 rings (SSSR count). The molecule has 2 unspecified atom stereocenters. The first-order chi connectivity index (χ1) is 10.2. The average molecular weight is 311 g/mol. The van der Waals surface area contributed by atoms with Crippen LogP contribution in [0.1, 0.15) is 38.2 Å². The number of hydrogen-bond donors (Lipinski definition) is 2. The molecule has 1 saturated carbocycles. The van der Waals surface area contributed by atoms with E-state index in [9.17, 15) is 18.4 Å². The fourth-order valence-corrected chi connectivity index (χ4v) is 2.37. The second-order valence-electron chi connectivity index (χ2n) is 6.32. The van der Waals surface area contributed by atoms with Crippen LogP contribution in [0.2, 0.25) is 0 Å². The van der Waals surface area contributed by atoms with Gasteiger partial charge in [0.2, 0.25) is 5.91 Å². The number of amides is 1.